The SMILES string of the molecule is COc1cc(-c2cc(-c3ccccn3)nc(-c3ccccn3)c2)cc(OC)c1CC(C)C. The fraction of sp³-hybridized carbons (Fsp3) is 0.222. The van der Waals surface area contributed by atoms with E-state index in [0.29, 0.717) is 5.92 Å². The molecule has 0 unspecified atom stereocenters. The number of benzene rings is 1. The zero-order chi connectivity index (χ0) is 22.5. The van der Waals surface area contributed by atoms with E-state index in [0.717, 1.165) is 57.4 Å². The zero-order valence-corrected chi connectivity index (χ0v) is 18.9. The number of aromatic nitrogens is 3. The molecule has 0 saturated heterocycles. The highest BCUT2D eigenvalue weighted by atomic mass is 16.5. The van der Waals surface area contributed by atoms with Crippen molar-refractivity contribution in [2.75, 3.05) is 14.2 Å². The van der Waals surface area contributed by atoms with Crippen LogP contribution in [0.2, 0.25) is 0 Å². The van der Waals surface area contributed by atoms with Crippen LogP contribution in [0.15, 0.2) is 73.1 Å². The zero-order valence-electron chi connectivity index (χ0n) is 18.9. The second-order valence-electron chi connectivity index (χ2n) is 8.01. The number of hydrogen-bond acceptors (Lipinski definition) is 5. The highest BCUT2D eigenvalue weighted by Gasteiger charge is 2.17. The molecule has 5 nitrogen and oxygen atoms in total. The quantitative estimate of drug-likeness (QED) is 0.359. The molecule has 1 aromatic carbocycles. The lowest BCUT2D eigenvalue weighted by Crippen LogP contribution is -2.02. The molecule has 32 heavy (non-hydrogen) atoms. The van der Waals surface area contributed by atoms with Crippen LogP contribution in [0.5, 0.6) is 11.5 Å². The molecule has 162 valence electrons. The maximum absolute atomic E-state index is 5.76. The van der Waals surface area contributed by atoms with Crippen LogP contribution in [0.25, 0.3) is 33.9 Å². The predicted octanol–water partition coefficient (Wildman–Crippen LogP) is 6.09. The summed E-state index contributed by atoms with van der Waals surface area (Å²) in [5, 5.41) is 0. The summed E-state index contributed by atoms with van der Waals surface area (Å²) >= 11 is 0. The maximum atomic E-state index is 5.76. The maximum Gasteiger partial charge on any atom is 0.126 e. The van der Waals surface area contributed by atoms with Crippen LogP contribution in [-0.4, -0.2) is 29.2 Å². The van der Waals surface area contributed by atoms with Crippen LogP contribution >= 0.6 is 0 Å². The van der Waals surface area contributed by atoms with E-state index in [-0.39, 0.29) is 0 Å². The summed E-state index contributed by atoms with van der Waals surface area (Å²) in [5.41, 5.74) is 6.25. The van der Waals surface area contributed by atoms with E-state index in [9.17, 15) is 0 Å². The molecule has 0 radical (unpaired) electrons. The molecule has 0 aliphatic heterocycles. The molecule has 0 bridgehead atoms. The molecule has 0 aliphatic rings. The Balaban J connectivity index is 1.91. The highest BCUT2D eigenvalue weighted by Crippen LogP contribution is 2.38. The van der Waals surface area contributed by atoms with Gasteiger partial charge in [-0.05, 0) is 72.0 Å². The lowest BCUT2D eigenvalue weighted by molar-refractivity contribution is 0.381. The molecule has 3 heterocycles. The van der Waals surface area contributed by atoms with Gasteiger partial charge in [0.25, 0.3) is 0 Å². The summed E-state index contributed by atoms with van der Waals surface area (Å²) < 4.78 is 11.5. The van der Waals surface area contributed by atoms with Gasteiger partial charge in [-0.15, -0.1) is 0 Å². The van der Waals surface area contributed by atoms with Crippen molar-refractivity contribution in [3.63, 3.8) is 0 Å². The van der Waals surface area contributed by atoms with E-state index in [1.165, 1.54) is 0 Å². The molecular formula is C27H27N3O2. The number of ether oxygens (including phenoxy) is 2. The van der Waals surface area contributed by atoms with Gasteiger partial charge in [-0.1, -0.05) is 26.0 Å². The Kier molecular flexibility index (Phi) is 6.45. The van der Waals surface area contributed by atoms with Crippen LogP contribution in [0.4, 0.5) is 0 Å². The van der Waals surface area contributed by atoms with Gasteiger partial charge >= 0.3 is 0 Å². The van der Waals surface area contributed by atoms with Gasteiger partial charge in [-0.25, -0.2) is 4.98 Å². The fourth-order valence-corrected chi connectivity index (χ4v) is 3.75. The smallest absolute Gasteiger partial charge is 0.126 e. The Bertz CT molecular complexity index is 1110. The summed E-state index contributed by atoms with van der Waals surface area (Å²) in [4.78, 5) is 13.9. The Morgan fingerprint density at radius 3 is 1.59 bits per heavy atom. The Labute approximate surface area is 189 Å². The minimum Gasteiger partial charge on any atom is -0.496 e. The van der Waals surface area contributed by atoms with E-state index in [4.69, 9.17) is 14.5 Å². The van der Waals surface area contributed by atoms with E-state index in [2.05, 4.69) is 35.9 Å². The third-order valence-corrected chi connectivity index (χ3v) is 5.23. The first-order chi connectivity index (χ1) is 15.6. The number of rotatable bonds is 7. The van der Waals surface area contributed by atoms with Crippen molar-refractivity contribution in [2.24, 2.45) is 5.92 Å². The largest absolute Gasteiger partial charge is 0.496 e. The van der Waals surface area contributed by atoms with Gasteiger partial charge in [-0.3, -0.25) is 9.97 Å². The first-order valence-corrected chi connectivity index (χ1v) is 10.7. The summed E-state index contributed by atoms with van der Waals surface area (Å²) in [6.45, 7) is 4.38. The molecule has 5 heteroatoms. The second-order valence-corrected chi connectivity index (χ2v) is 8.01. The van der Waals surface area contributed by atoms with Crippen molar-refractivity contribution in [1.29, 1.82) is 0 Å². The minimum absolute atomic E-state index is 0.482. The van der Waals surface area contributed by atoms with Crippen molar-refractivity contribution in [2.45, 2.75) is 20.3 Å². The molecule has 0 spiro atoms. The predicted molar refractivity (Wildman–Crippen MR) is 128 cm³/mol. The highest BCUT2D eigenvalue weighted by molar-refractivity contribution is 5.77. The van der Waals surface area contributed by atoms with E-state index in [1.54, 1.807) is 26.6 Å². The van der Waals surface area contributed by atoms with Crippen molar-refractivity contribution in [1.82, 2.24) is 15.0 Å². The summed E-state index contributed by atoms with van der Waals surface area (Å²) in [5.74, 6) is 2.13. The molecule has 3 aromatic heterocycles. The molecular weight excluding hydrogens is 398 g/mol. The Hall–Kier alpha value is -3.73. The lowest BCUT2D eigenvalue weighted by atomic mass is 9.96. The Morgan fingerprint density at radius 1 is 0.688 bits per heavy atom. The Morgan fingerprint density at radius 2 is 1.19 bits per heavy atom. The monoisotopic (exact) mass is 425 g/mol. The number of hydrogen-bond donors (Lipinski definition) is 0. The van der Waals surface area contributed by atoms with E-state index in [1.807, 2.05) is 48.5 Å². The van der Waals surface area contributed by atoms with Gasteiger partial charge in [0.1, 0.15) is 11.5 Å². The van der Waals surface area contributed by atoms with Crippen LogP contribution in [0, 0.1) is 5.92 Å². The van der Waals surface area contributed by atoms with E-state index < -0.39 is 0 Å². The summed E-state index contributed by atoms with van der Waals surface area (Å²) in [6, 6.07) is 19.9. The summed E-state index contributed by atoms with van der Waals surface area (Å²) in [6.07, 6.45) is 4.43. The van der Waals surface area contributed by atoms with Gasteiger partial charge < -0.3 is 9.47 Å². The van der Waals surface area contributed by atoms with Gasteiger partial charge in [0.05, 0.1) is 37.0 Å². The summed E-state index contributed by atoms with van der Waals surface area (Å²) in [7, 11) is 3.40. The topological polar surface area (TPSA) is 57.1 Å². The molecule has 4 rings (SSSR count). The molecule has 0 N–H and O–H groups in total. The molecule has 0 saturated carbocycles. The van der Waals surface area contributed by atoms with Crippen LogP contribution in [0.3, 0.4) is 0 Å². The fourth-order valence-electron chi connectivity index (χ4n) is 3.75. The van der Waals surface area contributed by atoms with Gasteiger partial charge in [0, 0.05) is 18.0 Å². The first-order valence-electron chi connectivity index (χ1n) is 10.7. The molecule has 4 aromatic rings. The van der Waals surface area contributed by atoms with Gasteiger partial charge in [0.2, 0.25) is 0 Å². The molecule has 0 atom stereocenters. The van der Waals surface area contributed by atoms with Crippen LogP contribution in [-0.2, 0) is 6.42 Å². The number of methoxy groups -OCH3 is 2. The first kappa shape index (κ1) is 21.5. The van der Waals surface area contributed by atoms with Gasteiger partial charge in [0.15, 0.2) is 0 Å². The average molecular weight is 426 g/mol. The third kappa shape index (κ3) is 4.62. The van der Waals surface area contributed by atoms with Crippen LogP contribution in [0.1, 0.15) is 19.4 Å². The minimum atomic E-state index is 0.482. The number of nitrogens with zero attached hydrogens (tertiary/aromatic N) is 3. The van der Waals surface area contributed by atoms with Crippen molar-refractivity contribution < 1.29 is 9.47 Å². The van der Waals surface area contributed by atoms with Crippen molar-refractivity contribution in [3.05, 3.63) is 78.6 Å². The molecule has 0 aliphatic carbocycles. The standard InChI is InChI=1S/C27H27N3O2/c1-18(2)13-21-26(31-3)16-20(17-27(21)32-4)19-14-24(22-9-5-7-11-28-22)30-25(15-19)23-10-6-8-12-29-23/h5-12,14-18H,13H2,1-4H3. The number of pyridine rings is 3. The molecule has 0 fully saturated rings. The lowest BCUT2D eigenvalue weighted by Gasteiger charge is -2.17. The average Bonchev–Trinajstić information content (AvgIpc) is 2.84. The second kappa shape index (κ2) is 9.60. The van der Waals surface area contributed by atoms with Crippen molar-refractivity contribution in [3.8, 4) is 45.4 Å². The van der Waals surface area contributed by atoms with Gasteiger partial charge in [-0.2, -0.15) is 0 Å². The third-order valence-electron chi connectivity index (χ3n) is 5.23. The van der Waals surface area contributed by atoms with Crippen LogP contribution < -0.4 is 9.47 Å². The van der Waals surface area contributed by atoms with E-state index >= 15 is 0 Å². The molecule has 0 amide bonds. The normalized spacial score (nSPS) is 10.9. The van der Waals surface area contributed by atoms with Crippen molar-refractivity contribution >= 4 is 0 Å².